The van der Waals surface area contributed by atoms with Gasteiger partial charge in [0, 0.05) is 24.5 Å². The zero-order valence-corrected chi connectivity index (χ0v) is 14.6. The summed E-state index contributed by atoms with van der Waals surface area (Å²) in [5, 5.41) is 0. The molecule has 1 atom stereocenters. The van der Waals surface area contributed by atoms with Crippen molar-refractivity contribution >= 4 is 11.9 Å². The van der Waals surface area contributed by atoms with Crippen LogP contribution in [-0.2, 0) is 19.1 Å². The Morgan fingerprint density at radius 1 is 1.33 bits per heavy atom. The van der Waals surface area contributed by atoms with Crippen molar-refractivity contribution in [2.24, 2.45) is 0 Å². The molecule has 0 radical (unpaired) electrons. The van der Waals surface area contributed by atoms with Crippen LogP contribution in [0.1, 0.15) is 52.4 Å². The van der Waals surface area contributed by atoms with Crippen LogP contribution >= 0.6 is 0 Å². The van der Waals surface area contributed by atoms with Crippen molar-refractivity contribution in [1.29, 1.82) is 0 Å². The van der Waals surface area contributed by atoms with Crippen molar-refractivity contribution < 1.29 is 19.1 Å². The van der Waals surface area contributed by atoms with Gasteiger partial charge in [0.2, 0.25) is 0 Å². The molecule has 0 saturated carbocycles. The van der Waals surface area contributed by atoms with E-state index in [4.69, 9.17) is 9.47 Å². The van der Waals surface area contributed by atoms with Crippen LogP contribution in [0.15, 0.2) is 47.1 Å². The van der Waals surface area contributed by atoms with E-state index in [9.17, 15) is 9.59 Å². The molecule has 24 heavy (non-hydrogen) atoms. The number of carbonyl (C=O) groups is 2. The molecule has 0 amide bonds. The van der Waals surface area contributed by atoms with Crippen LogP contribution in [0.25, 0.3) is 0 Å². The van der Waals surface area contributed by atoms with E-state index in [1.54, 1.807) is 6.08 Å². The molecule has 1 fully saturated rings. The maximum atomic E-state index is 11.8. The Hall–Kier alpha value is -2.10. The first-order chi connectivity index (χ1) is 11.4. The fourth-order valence-electron chi connectivity index (χ4n) is 2.90. The average molecular weight is 330 g/mol. The predicted octanol–water partition coefficient (Wildman–Crippen LogP) is 4.18. The lowest BCUT2D eigenvalue weighted by Crippen LogP contribution is -2.06. The summed E-state index contributed by atoms with van der Waals surface area (Å²) in [7, 11) is 0. The van der Waals surface area contributed by atoms with Crippen LogP contribution in [-0.4, -0.2) is 24.6 Å². The molecule has 0 N–H and O–H groups in total. The Labute approximate surface area is 143 Å². The molecule has 4 nitrogen and oxygen atoms in total. The normalized spacial score (nSPS) is 22.6. The van der Waals surface area contributed by atoms with E-state index in [1.165, 1.54) is 5.57 Å². The van der Waals surface area contributed by atoms with E-state index in [0.29, 0.717) is 13.0 Å². The van der Waals surface area contributed by atoms with Crippen molar-refractivity contribution in [3.63, 3.8) is 0 Å². The molecule has 0 aromatic heterocycles. The zero-order valence-electron chi connectivity index (χ0n) is 14.6. The Kier molecular flexibility index (Phi) is 6.59. The van der Waals surface area contributed by atoms with Gasteiger partial charge in [-0.3, -0.25) is 0 Å². The molecule has 130 valence electrons. The van der Waals surface area contributed by atoms with Gasteiger partial charge >= 0.3 is 11.9 Å². The fourth-order valence-corrected chi connectivity index (χ4v) is 2.90. The molecule has 2 rings (SSSR count). The van der Waals surface area contributed by atoms with Gasteiger partial charge < -0.3 is 9.47 Å². The van der Waals surface area contributed by atoms with E-state index in [2.05, 4.69) is 19.6 Å². The van der Waals surface area contributed by atoms with Gasteiger partial charge in [-0.05, 0) is 45.1 Å². The number of esters is 2. The quantitative estimate of drug-likeness (QED) is 0.380. The van der Waals surface area contributed by atoms with Crippen LogP contribution in [0, 0.1) is 0 Å². The van der Waals surface area contributed by atoms with E-state index in [0.717, 1.165) is 48.8 Å². The lowest BCUT2D eigenvalue weighted by atomic mass is 10.0. The van der Waals surface area contributed by atoms with Gasteiger partial charge in [-0.25, -0.2) is 9.59 Å². The molecule has 0 aromatic carbocycles. The molecule has 0 bridgehead atoms. The molecule has 0 spiro atoms. The lowest BCUT2D eigenvalue weighted by Gasteiger charge is -2.06. The van der Waals surface area contributed by atoms with Gasteiger partial charge in [0.15, 0.2) is 0 Å². The maximum absolute atomic E-state index is 11.8. The standard InChI is InChI=1S/C20H26O4/c1-14(2)10-18-12-17(20(22)24-18)9-5-7-15(3)6-4-8-16-11-19(21)23-13-16/h6,9,11,18H,1,4-5,7-8,10,12-13H2,2-3H3/b15-6+,17-9+/t18-/m0/s1. The highest BCUT2D eigenvalue weighted by molar-refractivity contribution is 5.90. The highest BCUT2D eigenvalue weighted by Gasteiger charge is 2.28. The van der Waals surface area contributed by atoms with Crippen LogP contribution in [0.3, 0.4) is 0 Å². The van der Waals surface area contributed by atoms with Crippen molar-refractivity contribution in [2.75, 3.05) is 6.61 Å². The first kappa shape index (κ1) is 18.2. The Morgan fingerprint density at radius 3 is 2.79 bits per heavy atom. The van der Waals surface area contributed by atoms with Gasteiger partial charge in [0.25, 0.3) is 0 Å². The summed E-state index contributed by atoms with van der Waals surface area (Å²) in [6.45, 7) is 8.35. The van der Waals surface area contributed by atoms with Crippen molar-refractivity contribution in [1.82, 2.24) is 0 Å². The van der Waals surface area contributed by atoms with Gasteiger partial charge in [-0.15, -0.1) is 6.58 Å². The molecule has 2 heterocycles. The first-order valence-electron chi connectivity index (χ1n) is 8.50. The van der Waals surface area contributed by atoms with E-state index in [-0.39, 0.29) is 18.0 Å². The van der Waals surface area contributed by atoms with Crippen LogP contribution in [0.4, 0.5) is 0 Å². The van der Waals surface area contributed by atoms with E-state index >= 15 is 0 Å². The van der Waals surface area contributed by atoms with Crippen molar-refractivity contribution in [2.45, 2.75) is 58.5 Å². The highest BCUT2D eigenvalue weighted by Crippen LogP contribution is 2.25. The molecule has 2 aliphatic rings. The third kappa shape index (κ3) is 5.84. The summed E-state index contributed by atoms with van der Waals surface area (Å²) >= 11 is 0. The second-order valence-corrected chi connectivity index (χ2v) is 6.66. The molecule has 0 unspecified atom stereocenters. The number of carbonyl (C=O) groups excluding carboxylic acids is 2. The van der Waals surface area contributed by atoms with Crippen LogP contribution in [0.2, 0.25) is 0 Å². The second-order valence-electron chi connectivity index (χ2n) is 6.66. The zero-order chi connectivity index (χ0) is 17.5. The average Bonchev–Trinajstić information content (AvgIpc) is 3.05. The summed E-state index contributed by atoms with van der Waals surface area (Å²) in [4.78, 5) is 22.8. The van der Waals surface area contributed by atoms with Crippen molar-refractivity contribution in [3.8, 4) is 0 Å². The van der Waals surface area contributed by atoms with Crippen LogP contribution < -0.4 is 0 Å². The minimum atomic E-state index is -0.231. The summed E-state index contributed by atoms with van der Waals surface area (Å²) in [5.74, 6) is -0.411. The number of allylic oxidation sites excluding steroid dienone is 3. The minimum Gasteiger partial charge on any atom is -0.458 e. The van der Waals surface area contributed by atoms with Gasteiger partial charge in [-0.1, -0.05) is 23.3 Å². The van der Waals surface area contributed by atoms with E-state index in [1.807, 2.05) is 13.0 Å². The Morgan fingerprint density at radius 2 is 2.12 bits per heavy atom. The van der Waals surface area contributed by atoms with Crippen LogP contribution in [0.5, 0.6) is 0 Å². The third-order valence-corrected chi connectivity index (χ3v) is 4.17. The number of hydrogen-bond donors (Lipinski definition) is 0. The largest absolute Gasteiger partial charge is 0.458 e. The first-order valence-corrected chi connectivity index (χ1v) is 8.50. The third-order valence-electron chi connectivity index (χ3n) is 4.17. The number of hydrogen-bond acceptors (Lipinski definition) is 4. The summed E-state index contributed by atoms with van der Waals surface area (Å²) in [6, 6.07) is 0. The SMILES string of the molecule is C=C(C)C[C@H]1C/C(=C\CC/C(C)=C/CCC2=CC(=O)OC2)C(=O)O1. The topological polar surface area (TPSA) is 52.6 Å². The smallest absolute Gasteiger partial charge is 0.334 e. The molecule has 2 aliphatic heterocycles. The summed E-state index contributed by atoms with van der Waals surface area (Å²) < 4.78 is 10.2. The lowest BCUT2D eigenvalue weighted by molar-refractivity contribution is -0.138. The summed E-state index contributed by atoms with van der Waals surface area (Å²) in [6.07, 6.45) is 10.7. The van der Waals surface area contributed by atoms with Gasteiger partial charge in [0.05, 0.1) is 0 Å². The maximum Gasteiger partial charge on any atom is 0.334 e. The molecule has 4 heteroatoms. The van der Waals surface area contributed by atoms with Gasteiger partial charge in [0.1, 0.15) is 12.7 Å². The van der Waals surface area contributed by atoms with Gasteiger partial charge in [-0.2, -0.15) is 0 Å². The molecular weight excluding hydrogens is 304 g/mol. The Balaban J connectivity index is 1.71. The van der Waals surface area contributed by atoms with E-state index < -0.39 is 0 Å². The summed E-state index contributed by atoms with van der Waals surface area (Å²) in [5.41, 5.74) is 4.18. The molecular formula is C20H26O4. The number of cyclic esters (lactones) is 2. The second kappa shape index (κ2) is 8.67. The Bertz CT molecular complexity index is 607. The number of ether oxygens (including phenoxy) is 2. The predicted molar refractivity (Wildman–Crippen MR) is 93.3 cm³/mol. The number of rotatable bonds is 8. The molecule has 0 aromatic rings. The fraction of sp³-hybridized carbons (Fsp3) is 0.500. The monoisotopic (exact) mass is 330 g/mol. The molecule has 0 aliphatic carbocycles. The highest BCUT2D eigenvalue weighted by atomic mass is 16.5. The molecule has 1 saturated heterocycles. The minimum absolute atomic E-state index is 0.0393. The van der Waals surface area contributed by atoms with Crippen molar-refractivity contribution in [3.05, 3.63) is 47.1 Å².